The van der Waals surface area contributed by atoms with Gasteiger partial charge in [-0.3, -0.25) is 9.59 Å². The van der Waals surface area contributed by atoms with E-state index in [1.165, 1.54) is 18.2 Å². The van der Waals surface area contributed by atoms with Crippen LogP contribution in [0.1, 0.15) is 47.4 Å². The molecule has 1 heterocycles. The third kappa shape index (κ3) is 4.43. The first-order valence-electron chi connectivity index (χ1n) is 7.35. The molecular weight excluding hydrogens is 323 g/mol. The highest BCUT2D eigenvalue weighted by molar-refractivity contribution is 5.92. The highest BCUT2D eigenvalue weighted by Gasteiger charge is 2.31. The Kier molecular flexibility index (Phi) is 5.38. The molecule has 5 nitrogen and oxygen atoms in total. The highest BCUT2D eigenvalue weighted by atomic mass is 19.4. The van der Waals surface area contributed by atoms with Gasteiger partial charge < -0.3 is 5.32 Å². The number of aromatic amines is 1. The van der Waals surface area contributed by atoms with Crippen LogP contribution in [0.2, 0.25) is 0 Å². The summed E-state index contributed by atoms with van der Waals surface area (Å²) in [6, 6.07) is 6.68. The molecule has 0 unspecified atom stereocenters. The van der Waals surface area contributed by atoms with Gasteiger partial charge >= 0.3 is 6.18 Å². The van der Waals surface area contributed by atoms with Crippen molar-refractivity contribution in [2.75, 3.05) is 0 Å². The summed E-state index contributed by atoms with van der Waals surface area (Å²) in [7, 11) is 0. The number of carbonyl (C=O) groups is 1. The lowest BCUT2D eigenvalue weighted by Crippen LogP contribution is -2.30. The minimum Gasteiger partial charge on any atom is -0.344 e. The van der Waals surface area contributed by atoms with Gasteiger partial charge in [-0.1, -0.05) is 25.5 Å². The van der Waals surface area contributed by atoms with E-state index < -0.39 is 29.2 Å². The number of nitrogens with one attached hydrogen (secondary N) is 2. The van der Waals surface area contributed by atoms with Gasteiger partial charge in [0, 0.05) is 6.07 Å². The summed E-state index contributed by atoms with van der Waals surface area (Å²) in [6.45, 7) is 1.87. The number of amides is 1. The number of aromatic nitrogens is 2. The molecular formula is C16H16F3N3O2. The zero-order valence-electron chi connectivity index (χ0n) is 12.9. The summed E-state index contributed by atoms with van der Waals surface area (Å²) >= 11 is 0. The van der Waals surface area contributed by atoms with Crippen LogP contribution in [0.15, 0.2) is 41.2 Å². The van der Waals surface area contributed by atoms with Crippen LogP contribution in [0.4, 0.5) is 13.2 Å². The standard InChI is InChI=1S/C16H16F3N3O2/c1-2-4-12(10-5-3-6-11(9-10)16(17,18)19)20-15(24)13-7-8-14(23)22-21-13/h3,5-9,12H,2,4H2,1H3,(H,20,24)(H,22,23)/t12-/m0/s1. The molecule has 24 heavy (non-hydrogen) atoms. The summed E-state index contributed by atoms with van der Waals surface area (Å²) in [5.74, 6) is -0.567. The smallest absolute Gasteiger partial charge is 0.344 e. The van der Waals surface area contributed by atoms with Crippen LogP contribution < -0.4 is 10.9 Å². The van der Waals surface area contributed by atoms with Gasteiger partial charge in [-0.25, -0.2) is 5.10 Å². The summed E-state index contributed by atoms with van der Waals surface area (Å²) in [6.07, 6.45) is -3.31. The molecule has 8 heteroatoms. The average molecular weight is 339 g/mol. The van der Waals surface area contributed by atoms with E-state index in [2.05, 4.69) is 15.5 Å². The van der Waals surface area contributed by atoms with Crippen molar-refractivity contribution in [3.8, 4) is 0 Å². The number of benzene rings is 1. The molecule has 0 aliphatic carbocycles. The fourth-order valence-corrected chi connectivity index (χ4v) is 2.25. The Bertz CT molecular complexity index is 751. The first-order chi connectivity index (χ1) is 11.3. The molecule has 2 aromatic rings. The molecule has 0 fully saturated rings. The van der Waals surface area contributed by atoms with E-state index in [0.717, 1.165) is 18.2 Å². The van der Waals surface area contributed by atoms with Crippen LogP contribution in [0, 0.1) is 0 Å². The zero-order chi connectivity index (χ0) is 17.7. The fourth-order valence-electron chi connectivity index (χ4n) is 2.25. The van der Waals surface area contributed by atoms with Crippen molar-refractivity contribution >= 4 is 5.91 Å². The van der Waals surface area contributed by atoms with Gasteiger partial charge in [-0.05, 0) is 30.2 Å². The van der Waals surface area contributed by atoms with Gasteiger partial charge in [0.25, 0.3) is 11.5 Å². The summed E-state index contributed by atoms with van der Waals surface area (Å²) in [5.41, 5.74) is -0.862. The van der Waals surface area contributed by atoms with Crippen molar-refractivity contribution in [3.63, 3.8) is 0 Å². The molecule has 0 radical (unpaired) electrons. The van der Waals surface area contributed by atoms with Crippen LogP contribution >= 0.6 is 0 Å². The van der Waals surface area contributed by atoms with E-state index in [1.54, 1.807) is 0 Å². The Labute approximate surface area is 135 Å². The lowest BCUT2D eigenvalue weighted by molar-refractivity contribution is -0.137. The van der Waals surface area contributed by atoms with E-state index in [-0.39, 0.29) is 5.69 Å². The summed E-state index contributed by atoms with van der Waals surface area (Å²) in [4.78, 5) is 23.1. The molecule has 128 valence electrons. The first kappa shape index (κ1) is 17.7. The van der Waals surface area contributed by atoms with E-state index in [0.29, 0.717) is 18.4 Å². The second-order valence-corrected chi connectivity index (χ2v) is 5.24. The third-order valence-corrected chi connectivity index (χ3v) is 3.41. The largest absolute Gasteiger partial charge is 0.416 e. The maximum absolute atomic E-state index is 12.9. The molecule has 1 aromatic heterocycles. The van der Waals surface area contributed by atoms with Crippen LogP contribution in [0.25, 0.3) is 0 Å². The van der Waals surface area contributed by atoms with Crippen molar-refractivity contribution in [3.05, 3.63) is 63.6 Å². The van der Waals surface area contributed by atoms with E-state index in [9.17, 15) is 22.8 Å². The summed E-state index contributed by atoms with van der Waals surface area (Å²) < 4.78 is 38.6. The van der Waals surface area contributed by atoms with Gasteiger partial charge in [0.1, 0.15) is 5.69 Å². The Morgan fingerprint density at radius 3 is 2.62 bits per heavy atom. The second kappa shape index (κ2) is 7.29. The zero-order valence-corrected chi connectivity index (χ0v) is 12.9. The van der Waals surface area contributed by atoms with Crippen LogP contribution in [0.5, 0.6) is 0 Å². The number of nitrogens with zero attached hydrogens (tertiary/aromatic N) is 1. The quantitative estimate of drug-likeness (QED) is 0.879. The van der Waals surface area contributed by atoms with Gasteiger partial charge in [0.05, 0.1) is 11.6 Å². The Morgan fingerprint density at radius 1 is 1.29 bits per heavy atom. The van der Waals surface area contributed by atoms with Gasteiger partial charge in [0.2, 0.25) is 0 Å². The molecule has 0 bridgehead atoms. The number of rotatable bonds is 5. The Hall–Kier alpha value is -2.64. The van der Waals surface area contributed by atoms with Gasteiger partial charge in [-0.2, -0.15) is 18.3 Å². The molecule has 0 spiro atoms. The Balaban J connectivity index is 2.24. The van der Waals surface area contributed by atoms with Gasteiger partial charge in [-0.15, -0.1) is 0 Å². The molecule has 2 N–H and O–H groups in total. The van der Waals surface area contributed by atoms with Crippen molar-refractivity contribution in [1.82, 2.24) is 15.5 Å². The number of hydrogen-bond acceptors (Lipinski definition) is 3. The molecule has 0 aliphatic heterocycles. The Morgan fingerprint density at radius 2 is 2.04 bits per heavy atom. The van der Waals surface area contributed by atoms with Crippen LogP contribution in [-0.2, 0) is 6.18 Å². The van der Waals surface area contributed by atoms with E-state index in [4.69, 9.17) is 0 Å². The van der Waals surface area contributed by atoms with Crippen LogP contribution in [-0.4, -0.2) is 16.1 Å². The SMILES string of the molecule is CCC[C@H](NC(=O)c1ccc(=O)[nH]n1)c1cccc(C(F)(F)F)c1. The molecule has 1 atom stereocenters. The average Bonchev–Trinajstić information content (AvgIpc) is 2.54. The number of hydrogen-bond donors (Lipinski definition) is 2. The van der Waals surface area contributed by atoms with Crippen molar-refractivity contribution < 1.29 is 18.0 Å². The fraction of sp³-hybridized carbons (Fsp3) is 0.312. The van der Waals surface area contributed by atoms with Crippen molar-refractivity contribution in [2.24, 2.45) is 0 Å². The second-order valence-electron chi connectivity index (χ2n) is 5.24. The van der Waals surface area contributed by atoms with Crippen LogP contribution in [0.3, 0.4) is 0 Å². The topological polar surface area (TPSA) is 74.8 Å². The monoisotopic (exact) mass is 339 g/mol. The highest BCUT2D eigenvalue weighted by Crippen LogP contribution is 2.31. The number of alkyl halides is 3. The molecule has 0 saturated heterocycles. The maximum atomic E-state index is 12.9. The molecule has 1 aromatic carbocycles. The lowest BCUT2D eigenvalue weighted by atomic mass is 9.99. The van der Waals surface area contributed by atoms with Gasteiger partial charge in [0.15, 0.2) is 0 Å². The number of halogens is 3. The summed E-state index contributed by atoms with van der Waals surface area (Å²) in [5, 5.41) is 8.41. The van der Waals surface area contributed by atoms with Crippen molar-refractivity contribution in [2.45, 2.75) is 32.0 Å². The normalized spacial score (nSPS) is 12.7. The predicted molar refractivity (Wildman–Crippen MR) is 81.4 cm³/mol. The molecule has 0 aliphatic rings. The lowest BCUT2D eigenvalue weighted by Gasteiger charge is -2.19. The van der Waals surface area contributed by atoms with Crippen molar-refractivity contribution in [1.29, 1.82) is 0 Å². The minimum atomic E-state index is -4.45. The first-order valence-corrected chi connectivity index (χ1v) is 7.35. The van der Waals surface area contributed by atoms with E-state index in [1.807, 2.05) is 6.92 Å². The predicted octanol–water partition coefficient (Wildman–Crippen LogP) is 3.06. The molecule has 2 rings (SSSR count). The molecule has 0 saturated carbocycles. The third-order valence-electron chi connectivity index (χ3n) is 3.41. The number of H-pyrrole nitrogens is 1. The maximum Gasteiger partial charge on any atom is 0.416 e. The number of carbonyl (C=O) groups excluding carboxylic acids is 1. The minimum absolute atomic E-state index is 0.0114. The van der Waals surface area contributed by atoms with E-state index >= 15 is 0 Å². The molecule has 1 amide bonds.